The van der Waals surface area contributed by atoms with Gasteiger partial charge in [-0.05, 0) is 12.5 Å². The van der Waals surface area contributed by atoms with Crippen LogP contribution in [0, 0.1) is 0 Å². The molecule has 1 heterocycles. The molecule has 0 saturated heterocycles. The first-order valence-electron chi connectivity index (χ1n) is 7.76. The van der Waals surface area contributed by atoms with Crippen LogP contribution in [0.4, 0.5) is 4.79 Å². The number of rotatable bonds is 4. The summed E-state index contributed by atoms with van der Waals surface area (Å²) in [5, 5.41) is 5.49. The quantitative estimate of drug-likeness (QED) is 0.847. The van der Waals surface area contributed by atoms with Crippen molar-refractivity contribution in [2.75, 3.05) is 0 Å². The van der Waals surface area contributed by atoms with Crippen molar-refractivity contribution in [3.8, 4) is 0 Å². The van der Waals surface area contributed by atoms with Crippen LogP contribution in [-0.2, 0) is 0 Å². The Morgan fingerprint density at radius 2 is 1.62 bits per heavy atom. The molecule has 0 radical (unpaired) electrons. The van der Waals surface area contributed by atoms with Gasteiger partial charge in [0, 0.05) is 16.8 Å². The highest BCUT2D eigenvalue weighted by Gasteiger charge is 2.28. The minimum Gasteiger partial charge on any atom is -0.327 e. The van der Waals surface area contributed by atoms with E-state index in [9.17, 15) is 9.59 Å². The highest BCUT2D eigenvalue weighted by molar-refractivity contribution is 6.11. The second-order valence-electron chi connectivity index (χ2n) is 5.58. The van der Waals surface area contributed by atoms with Gasteiger partial charge >= 0.3 is 6.03 Å². The number of nitrogens with one attached hydrogen (secondary N) is 2. The Labute approximate surface area is 140 Å². The molecule has 3 rings (SSSR count). The van der Waals surface area contributed by atoms with Crippen molar-refractivity contribution in [1.82, 2.24) is 10.6 Å². The predicted molar refractivity (Wildman–Crippen MR) is 94.4 cm³/mol. The van der Waals surface area contributed by atoms with Gasteiger partial charge in [0.2, 0.25) is 0 Å². The third-order valence-electron chi connectivity index (χ3n) is 3.86. The predicted octanol–water partition coefficient (Wildman–Crippen LogP) is 3.54. The second kappa shape index (κ2) is 6.96. The van der Waals surface area contributed by atoms with Crippen LogP contribution in [-0.4, -0.2) is 17.9 Å². The van der Waals surface area contributed by atoms with Crippen molar-refractivity contribution in [3.63, 3.8) is 0 Å². The topological polar surface area (TPSA) is 58.2 Å². The zero-order valence-electron chi connectivity index (χ0n) is 13.3. The smallest absolute Gasteiger partial charge is 0.319 e. The fourth-order valence-electron chi connectivity index (χ4n) is 2.69. The molecule has 120 valence electrons. The van der Waals surface area contributed by atoms with Gasteiger partial charge in [-0.15, -0.1) is 0 Å². The highest BCUT2D eigenvalue weighted by Crippen LogP contribution is 2.19. The summed E-state index contributed by atoms with van der Waals surface area (Å²) in [5.41, 5.74) is 2.74. The van der Waals surface area contributed by atoms with E-state index >= 15 is 0 Å². The molecule has 1 atom stereocenters. The number of allylic oxidation sites excluding steroid dienone is 1. The van der Waals surface area contributed by atoms with Gasteiger partial charge in [-0.3, -0.25) is 4.79 Å². The molecular weight excluding hydrogens is 300 g/mol. The number of Topliss-reactive ketones (excluding diaryl/α,β-unsaturated/α-hetero) is 1. The van der Waals surface area contributed by atoms with Crippen LogP contribution in [0.25, 0.3) is 6.08 Å². The number of urea groups is 1. The number of carbonyl (C=O) groups excluding carboxylic acids is 2. The molecule has 2 amide bonds. The first-order valence-corrected chi connectivity index (χ1v) is 7.76. The molecule has 0 saturated carbocycles. The van der Waals surface area contributed by atoms with E-state index in [1.54, 1.807) is 19.1 Å². The minimum absolute atomic E-state index is 0.0942. The lowest BCUT2D eigenvalue weighted by atomic mass is 9.93. The van der Waals surface area contributed by atoms with Gasteiger partial charge in [-0.2, -0.15) is 0 Å². The summed E-state index contributed by atoms with van der Waals surface area (Å²) in [5.74, 6) is -0.0942. The molecule has 4 nitrogen and oxygen atoms in total. The first kappa shape index (κ1) is 15.7. The molecule has 0 bridgehead atoms. The van der Waals surface area contributed by atoms with Crippen molar-refractivity contribution in [2.45, 2.75) is 13.0 Å². The summed E-state index contributed by atoms with van der Waals surface area (Å²) in [6.45, 7) is 1.75. The standard InChI is InChI=1S/C20H18N2O2/c1-14-18(19(23)16-10-6-3-7-11-16)17(22-20(24)21-14)13-12-15-8-4-2-5-9-15/h2-13,17H,1H3,(H2,21,22,24)/b13-12+. The van der Waals surface area contributed by atoms with Gasteiger partial charge in [0.05, 0.1) is 6.04 Å². The molecule has 2 aromatic carbocycles. The molecule has 1 unspecified atom stereocenters. The summed E-state index contributed by atoms with van der Waals surface area (Å²) in [7, 11) is 0. The van der Waals surface area contributed by atoms with Gasteiger partial charge in [-0.1, -0.05) is 72.8 Å². The molecule has 2 N–H and O–H groups in total. The third kappa shape index (κ3) is 3.43. The SMILES string of the molecule is CC1=C(C(=O)c2ccccc2)C(/C=C/c2ccccc2)NC(=O)N1. The van der Waals surface area contributed by atoms with E-state index in [1.165, 1.54) is 0 Å². The summed E-state index contributed by atoms with van der Waals surface area (Å²) in [6.07, 6.45) is 3.75. The van der Waals surface area contributed by atoms with E-state index in [-0.39, 0.29) is 11.8 Å². The molecule has 24 heavy (non-hydrogen) atoms. The highest BCUT2D eigenvalue weighted by atomic mass is 16.2. The van der Waals surface area contributed by atoms with Crippen molar-refractivity contribution >= 4 is 17.9 Å². The van der Waals surface area contributed by atoms with Crippen LogP contribution < -0.4 is 10.6 Å². The maximum absolute atomic E-state index is 12.9. The van der Waals surface area contributed by atoms with Crippen LogP contribution in [0.5, 0.6) is 0 Å². The minimum atomic E-state index is -0.466. The van der Waals surface area contributed by atoms with E-state index < -0.39 is 6.04 Å². The second-order valence-corrected chi connectivity index (χ2v) is 5.58. The van der Waals surface area contributed by atoms with Crippen LogP contribution in [0.1, 0.15) is 22.8 Å². The average Bonchev–Trinajstić information content (AvgIpc) is 2.60. The molecule has 2 aromatic rings. The zero-order valence-corrected chi connectivity index (χ0v) is 13.3. The maximum Gasteiger partial charge on any atom is 0.319 e. The van der Waals surface area contributed by atoms with Gasteiger partial charge < -0.3 is 10.6 Å². The number of hydrogen-bond acceptors (Lipinski definition) is 2. The zero-order chi connectivity index (χ0) is 16.9. The Bertz CT molecular complexity index is 808. The summed E-state index contributed by atoms with van der Waals surface area (Å²) >= 11 is 0. The Hall–Kier alpha value is -3.14. The number of ketones is 1. The van der Waals surface area contributed by atoms with Crippen molar-refractivity contribution in [2.24, 2.45) is 0 Å². The molecule has 0 aromatic heterocycles. The maximum atomic E-state index is 12.9. The van der Waals surface area contributed by atoms with Crippen LogP contribution in [0.15, 0.2) is 78.0 Å². The summed E-state index contributed by atoms with van der Waals surface area (Å²) in [6, 6.07) is 18.1. The van der Waals surface area contributed by atoms with Crippen LogP contribution in [0.2, 0.25) is 0 Å². The molecular formula is C20H18N2O2. The van der Waals surface area contributed by atoms with E-state index in [2.05, 4.69) is 10.6 Å². The Morgan fingerprint density at radius 1 is 1.00 bits per heavy atom. The molecule has 0 aliphatic carbocycles. The van der Waals surface area contributed by atoms with Gasteiger partial charge in [0.15, 0.2) is 5.78 Å². The third-order valence-corrected chi connectivity index (χ3v) is 3.86. The molecule has 0 spiro atoms. The lowest BCUT2D eigenvalue weighted by Gasteiger charge is -2.26. The number of amides is 2. The lowest BCUT2D eigenvalue weighted by molar-refractivity contribution is 0.102. The fraction of sp³-hybridized carbons (Fsp3) is 0.100. The average molecular weight is 318 g/mol. The fourth-order valence-corrected chi connectivity index (χ4v) is 2.69. The number of carbonyl (C=O) groups is 2. The molecule has 0 fully saturated rings. The van der Waals surface area contributed by atoms with E-state index in [4.69, 9.17) is 0 Å². The largest absolute Gasteiger partial charge is 0.327 e. The molecule has 1 aliphatic heterocycles. The molecule has 1 aliphatic rings. The normalized spacial score (nSPS) is 17.5. The summed E-state index contributed by atoms with van der Waals surface area (Å²) < 4.78 is 0. The van der Waals surface area contributed by atoms with Gasteiger partial charge in [0.1, 0.15) is 0 Å². The van der Waals surface area contributed by atoms with Crippen molar-refractivity contribution in [3.05, 3.63) is 89.1 Å². The van der Waals surface area contributed by atoms with Crippen LogP contribution in [0.3, 0.4) is 0 Å². The number of benzene rings is 2. The van der Waals surface area contributed by atoms with Crippen molar-refractivity contribution in [1.29, 1.82) is 0 Å². The van der Waals surface area contributed by atoms with Crippen LogP contribution >= 0.6 is 0 Å². The van der Waals surface area contributed by atoms with Crippen molar-refractivity contribution < 1.29 is 9.59 Å². The Morgan fingerprint density at radius 3 is 2.29 bits per heavy atom. The van der Waals surface area contributed by atoms with E-state index in [0.717, 1.165) is 5.56 Å². The van der Waals surface area contributed by atoms with E-state index in [0.29, 0.717) is 16.8 Å². The number of hydrogen-bond donors (Lipinski definition) is 2. The Kier molecular flexibility index (Phi) is 4.57. The first-order chi connectivity index (χ1) is 11.6. The van der Waals surface area contributed by atoms with Gasteiger partial charge in [-0.25, -0.2) is 4.79 Å². The Balaban J connectivity index is 1.94. The monoisotopic (exact) mass is 318 g/mol. The van der Waals surface area contributed by atoms with E-state index in [1.807, 2.05) is 60.7 Å². The summed E-state index contributed by atoms with van der Waals surface area (Å²) in [4.78, 5) is 24.7. The van der Waals surface area contributed by atoms with Gasteiger partial charge in [0.25, 0.3) is 0 Å². The molecule has 4 heteroatoms. The lowest BCUT2D eigenvalue weighted by Crippen LogP contribution is -2.48.